The van der Waals surface area contributed by atoms with E-state index in [1.165, 1.54) is 24.3 Å². The van der Waals surface area contributed by atoms with Crippen LogP contribution in [0.15, 0.2) is 38.6 Å². The summed E-state index contributed by atoms with van der Waals surface area (Å²) in [5, 5.41) is 3.99. The second-order valence-corrected chi connectivity index (χ2v) is 4.32. The van der Waals surface area contributed by atoms with Crippen LogP contribution in [-0.4, -0.2) is 18.7 Å². The van der Waals surface area contributed by atoms with Crippen molar-refractivity contribution in [1.29, 1.82) is 0 Å². The molecule has 0 spiro atoms. The first-order valence-corrected chi connectivity index (χ1v) is 5.88. The van der Waals surface area contributed by atoms with Gasteiger partial charge in [-0.3, -0.25) is 0 Å². The van der Waals surface area contributed by atoms with E-state index in [1.807, 2.05) is 5.16 Å². The predicted octanol–water partition coefficient (Wildman–Crippen LogP) is 2.21. The molecule has 76 valence electrons. The highest BCUT2D eigenvalue weighted by molar-refractivity contribution is 7.91. The Morgan fingerprint density at radius 2 is 1.67 bits per heavy atom. The van der Waals surface area contributed by atoms with Crippen LogP contribution in [0.4, 0.5) is 5.69 Å². The summed E-state index contributed by atoms with van der Waals surface area (Å²) in [6.45, 7) is 0. The first-order valence-electron chi connectivity index (χ1n) is 3.62. The van der Waals surface area contributed by atoms with Gasteiger partial charge in [-0.15, -0.1) is 4.40 Å². The Bertz CT molecular complexity index is 550. The van der Waals surface area contributed by atoms with Crippen molar-refractivity contribution in [2.75, 3.05) is 0 Å². The van der Waals surface area contributed by atoms with Gasteiger partial charge in [0.1, 0.15) is 0 Å². The molecule has 1 aromatic rings. The van der Waals surface area contributed by atoms with Crippen LogP contribution in [0.5, 0.6) is 0 Å². The Kier molecular flexibility index (Phi) is 3.96. The Morgan fingerprint density at radius 1 is 1.07 bits per heavy atom. The summed E-state index contributed by atoms with van der Waals surface area (Å²) in [5.74, 6) is 0. The zero-order chi connectivity index (χ0) is 11.3. The molecule has 0 unspecified atom stereocenters. The van der Waals surface area contributed by atoms with E-state index in [1.54, 1.807) is 0 Å². The monoisotopic (exact) mass is 256 g/mol. The van der Waals surface area contributed by atoms with Crippen molar-refractivity contribution >= 4 is 50.5 Å². The molecule has 0 amide bonds. The summed E-state index contributed by atoms with van der Waals surface area (Å²) in [6.07, 6.45) is 0. The minimum absolute atomic E-state index is 0.0307. The van der Waals surface area contributed by atoms with Crippen LogP contribution in [-0.2, 0) is 10.0 Å². The van der Waals surface area contributed by atoms with Crippen molar-refractivity contribution in [2.45, 2.75) is 4.90 Å². The minimum atomic E-state index is -3.72. The maximum Gasteiger partial charge on any atom is 0.290 e. The molecule has 0 N–H and O–H groups in total. The molecule has 15 heavy (non-hydrogen) atoms. The Hall–Kier alpha value is -1.23. The lowest BCUT2D eigenvalue weighted by Crippen LogP contribution is -1.94. The fourth-order valence-corrected chi connectivity index (χ4v) is 1.93. The van der Waals surface area contributed by atoms with E-state index >= 15 is 0 Å². The fourth-order valence-electron chi connectivity index (χ4n) is 0.847. The Labute approximate surface area is 97.4 Å². The molecule has 0 atom stereocenters. The third-order valence-electron chi connectivity index (χ3n) is 1.47. The smallest absolute Gasteiger partial charge is 0.199 e. The third kappa shape index (κ3) is 3.13. The summed E-state index contributed by atoms with van der Waals surface area (Å²) in [6, 6.07) is 5.70. The van der Waals surface area contributed by atoms with Crippen LogP contribution in [0.3, 0.4) is 0 Å². The largest absolute Gasteiger partial charge is 0.290 e. The second-order valence-electron chi connectivity index (χ2n) is 2.35. The lowest BCUT2D eigenvalue weighted by Gasteiger charge is -1.96. The van der Waals surface area contributed by atoms with Gasteiger partial charge in [0.25, 0.3) is 10.0 Å². The van der Waals surface area contributed by atoms with Gasteiger partial charge >= 0.3 is 0 Å². The number of benzene rings is 1. The van der Waals surface area contributed by atoms with Crippen LogP contribution >= 0.6 is 24.4 Å². The number of isothiocyanates is 2. The maximum atomic E-state index is 11.3. The van der Waals surface area contributed by atoms with E-state index in [9.17, 15) is 8.42 Å². The molecule has 0 bridgehead atoms. The number of nitrogens with zero attached hydrogens (tertiary/aromatic N) is 2. The maximum absolute atomic E-state index is 11.3. The highest BCUT2D eigenvalue weighted by atomic mass is 32.2. The molecule has 1 aromatic carbocycles. The summed E-state index contributed by atoms with van der Waals surface area (Å²) in [7, 11) is -3.72. The SMILES string of the molecule is O=S(=O)(N=C=S)c1ccc(N=C=S)cc1. The zero-order valence-electron chi connectivity index (χ0n) is 7.25. The lowest BCUT2D eigenvalue weighted by atomic mass is 10.3. The molecule has 0 heterocycles. The topological polar surface area (TPSA) is 58.9 Å². The average molecular weight is 256 g/mol. The van der Waals surface area contributed by atoms with E-state index in [0.717, 1.165) is 0 Å². The first-order chi connectivity index (χ1) is 7.10. The number of aliphatic imine (C=N–C) groups is 1. The van der Waals surface area contributed by atoms with E-state index < -0.39 is 10.0 Å². The zero-order valence-corrected chi connectivity index (χ0v) is 9.69. The standard InChI is InChI=1S/C8H4N2O2S3/c11-15(12,10-6-14)8-3-1-7(2-4-8)9-5-13/h1-4H. The van der Waals surface area contributed by atoms with Gasteiger partial charge < -0.3 is 0 Å². The summed E-state index contributed by atoms with van der Waals surface area (Å²) in [5.41, 5.74) is 0.523. The number of sulfonamides is 1. The Morgan fingerprint density at radius 3 is 2.13 bits per heavy atom. The van der Waals surface area contributed by atoms with Gasteiger partial charge in [0.05, 0.1) is 20.9 Å². The average Bonchev–Trinajstić information content (AvgIpc) is 2.19. The summed E-state index contributed by atoms with van der Waals surface area (Å²) in [4.78, 5) is 3.71. The summed E-state index contributed by atoms with van der Waals surface area (Å²) < 4.78 is 25.8. The van der Waals surface area contributed by atoms with E-state index in [4.69, 9.17) is 0 Å². The van der Waals surface area contributed by atoms with E-state index in [-0.39, 0.29) is 4.90 Å². The number of rotatable bonds is 3. The van der Waals surface area contributed by atoms with Crippen molar-refractivity contribution in [1.82, 2.24) is 0 Å². The van der Waals surface area contributed by atoms with Crippen LogP contribution in [0, 0.1) is 0 Å². The minimum Gasteiger partial charge on any atom is -0.199 e. The molecule has 0 fully saturated rings. The highest BCUT2D eigenvalue weighted by Gasteiger charge is 2.10. The van der Waals surface area contributed by atoms with Gasteiger partial charge in [-0.1, -0.05) is 0 Å². The number of hydrogen-bond acceptors (Lipinski definition) is 5. The molecular formula is C8H4N2O2S3. The Balaban J connectivity index is 3.20. The molecule has 0 aliphatic heterocycles. The van der Waals surface area contributed by atoms with Gasteiger partial charge in [-0.05, 0) is 48.7 Å². The quantitative estimate of drug-likeness (QED) is 0.614. The van der Waals surface area contributed by atoms with Gasteiger partial charge in [0, 0.05) is 0 Å². The lowest BCUT2D eigenvalue weighted by molar-refractivity contribution is 0.598. The van der Waals surface area contributed by atoms with Gasteiger partial charge in [-0.25, -0.2) is 0 Å². The van der Waals surface area contributed by atoms with Crippen molar-refractivity contribution in [3.8, 4) is 0 Å². The molecule has 0 saturated heterocycles. The molecular weight excluding hydrogens is 252 g/mol. The molecule has 7 heteroatoms. The van der Waals surface area contributed by atoms with Crippen molar-refractivity contribution < 1.29 is 8.42 Å². The van der Waals surface area contributed by atoms with Crippen LogP contribution in [0.1, 0.15) is 0 Å². The second kappa shape index (κ2) is 5.02. The third-order valence-corrected chi connectivity index (χ3v) is 2.96. The molecule has 1 rings (SSSR count). The van der Waals surface area contributed by atoms with E-state index in [0.29, 0.717) is 5.69 Å². The van der Waals surface area contributed by atoms with Crippen LogP contribution < -0.4 is 0 Å². The van der Waals surface area contributed by atoms with Crippen molar-refractivity contribution in [3.63, 3.8) is 0 Å². The number of thiocarbonyl (C=S) groups is 2. The fraction of sp³-hybridized carbons (Fsp3) is 0. The first kappa shape index (κ1) is 11.8. The number of hydrogen-bond donors (Lipinski definition) is 0. The normalized spacial score (nSPS) is 9.87. The summed E-state index contributed by atoms with van der Waals surface area (Å²) >= 11 is 8.63. The van der Waals surface area contributed by atoms with Gasteiger partial charge in [0.2, 0.25) is 0 Å². The molecule has 0 radical (unpaired) electrons. The predicted molar refractivity (Wildman–Crippen MR) is 63.3 cm³/mol. The van der Waals surface area contributed by atoms with Crippen LogP contribution in [0.2, 0.25) is 0 Å². The molecule has 0 aliphatic carbocycles. The molecule has 0 saturated carbocycles. The van der Waals surface area contributed by atoms with E-state index in [2.05, 4.69) is 39.0 Å². The van der Waals surface area contributed by atoms with Gasteiger partial charge in [0.15, 0.2) is 0 Å². The highest BCUT2D eigenvalue weighted by Crippen LogP contribution is 2.17. The van der Waals surface area contributed by atoms with Gasteiger partial charge in [-0.2, -0.15) is 13.4 Å². The molecule has 4 nitrogen and oxygen atoms in total. The van der Waals surface area contributed by atoms with Crippen molar-refractivity contribution in [2.24, 2.45) is 9.39 Å². The molecule has 0 aliphatic rings. The van der Waals surface area contributed by atoms with Crippen molar-refractivity contribution in [3.05, 3.63) is 24.3 Å². The molecule has 0 aromatic heterocycles. The van der Waals surface area contributed by atoms with Crippen LogP contribution in [0.25, 0.3) is 0 Å².